The molecule has 0 heterocycles. The number of anilines is 2. The second-order valence-electron chi connectivity index (χ2n) is 6.49. The maximum Gasteiger partial charge on any atom is 0.255 e. The lowest BCUT2D eigenvalue weighted by molar-refractivity contribution is -0.115. The lowest BCUT2D eigenvalue weighted by atomic mass is 10.1. The summed E-state index contributed by atoms with van der Waals surface area (Å²) < 4.78 is 0. The van der Waals surface area contributed by atoms with E-state index in [0.29, 0.717) is 17.7 Å². The third kappa shape index (κ3) is 4.82. The first-order chi connectivity index (χ1) is 13.0. The van der Waals surface area contributed by atoms with Crippen molar-refractivity contribution >= 4 is 23.2 Å². The minimum Gasteiger partial charge on any atom is -0.326 e. The maximum absolute atomic E-state index is 12.5. The largest absolute Gasteiger partial charge is 0.326 e. The Bertz CT molecular complexity index is 948. The van der Waals surface area contributed by atoms with Gasteiger partial charge < -0.3 is 10.6 Å². The van der Waals surface area contributed by atoms with Gasteiger partial charge in [0.05, 0.1) is 6.42 Å². The van der Waals surface area contributed by atoms with E-state index < -0.39 is 0 Å². The van der Waals surface area contributed by atoms with Gasteiger partial charge in [0, 0.05) is 16.9 Å². The molecule has 0 bridgehead atoms. The van der Waals surface area contributed by atoms with Crippen molar-refractivity contribution in [3.63, 3.8) is 0 Å². The Hall–Kier alpha value is -3.40. The van der Waals surface area contributed by atoms with Gasteiger partial charge in [0.2, 0.25) is 5.91 Å². The van der Waals surface area contributed by atoms with Gasteiger partial charge >= 0.3 is 0 Å². The quantitative estimate of drug-likeness (QED) is 0.692. The molecule has 2 N–H and O–H groups in total. The molecular weight excluding hydrogens is 336 g/mol. The molecule has 3 aromatic carbocycles. The number of nitrogens with one attached hydrogen (secondary N) is 2. The smallest absolute Gasteiger partial charge is 0.255 e. The van der Waals surface area contributed by atoms with Gasteiger partial charge in [0.1, 0.15) is 0 Å². The number of aryl methyl sites for hydroxylation is 1. The summed E-state index contributed by atoms with van der Waals surface area (Å²) in [6.07, 6.45) is 0.315. The first-order valence-electron chi connectivity index (χ1n) is 8.84. The fourth-order valence-electron chi connectivity index (χ4n) is 2.77. The Morgan fingerprint density at radius 3 is 2.19 bits per heavy atom. The topological polar surface area (TPSA) is 58.2 Å². The first kappa shape index (κ1) is 18.4. The molecule has 0 aliphatic carbocycles. The summed E-state index contributed by atoms with van der Waals surface area (Å²) in [5, 5.41) is 5.79. The van der Waals surface area contributed by atoms with Crippen molar-refractivity contribution in [2.45, 2.75) is 20.3 Å². The minimum absolute atomic E-state index is 0.0891. The fraction of sp³-hybridized carbons (Fsp3) is 0.130. The predicted molar refractivity (Wildman–Crippen MR) is 109 cm³/mol. The summed E-state index contributed by atoms with van der Waals surface area (Å²) in [4.78, 5) is 24.6. The zero-order chi connectivity index (χ0) is 19.2. The van der Waals surface area contributed by atoms with Crippen molar-refractivity contribution in [1.29, 1.82) is 0 Å². The van der Waals surface area contributed by atoms with Crippen LogP contribution < -0.4 is 10.6 Å². The molecule has 0 fully saturated rings. The summed E-state index contributed by atoms with van der Waals surface area (Å²) in [5.74, 6) is -0.264. The molecule has 0 unspecified atom stereocenters. The SMILES string of the molecule is Cc1cccc(NC(=O)c2ccc(NC(=O)Cc3ccccc3)cc2)c1C. The van der Waals surface area contributed by atoms with E-state index in [1.54, 1.807) is 24.3 Å². The second-order valence-corrected chi connectivity index (χ2v) is 6.49. The highest BCUT2D eigenvalue weighted by atomic mass is 16.2. The zero-order valence-electron chi connectivity index (χ0n) is 15.5. The molecule has 136 valence electrons. The van der Waals surface area contributed by atoms with Crippen LogP contribution in [0.3, 0.4) is 0 Å². The van der Waals surface area contributed by atoms with Crippen molar-refractivity contribution in [2.75, 3.05) is 10.6 Å². The minimum atomic E-state index is -0.175. The van der Waals surface area contributed by atoms with Crippen LogP contribution in [-0.4, -0.2) is 11.8 Å². The van der Waals surface area contributed by atoms with Crippen molar-refractivity contribution < 1.29 is 9.59 Å². The zero-order valence-corrected chi connectivity index (χ0v) is 15.5. The molecule has 4 heteroatoms. The molecule has 27 heavy (non-hydrogen) atoms. The molecule has 0 saturated carbocycles. The number of rotatable bonds is 5. The molecule has 4 nitrogen and oxygen atoms in total. The van der Waals surface area contributed by atoms with E-state index in [2.05, 4.69) is 10.6 Å². The molecule has 0 saturated heterocycles. The van der Waals surface area contributed by atoms with Crippen LogP contribution in [0.1, 0.15) is 27.0 Å². The van der Waals surface area contributed by atoms with Gasteiger partial charge in [-0.1, -0.05) is 42.5 Å². The van der Waals surface area contributed by atoms with Crippen LogP contribution >= 0.6 is 0 Å². The average Bonchev–Trinajstić information content (AvgIpc) is 2.66. The third-order valence-corrected chi connectivity index (χ3v) is 4.49. The Morgan fingerprint density at radius 1 is 0.778 bits per heavy atom. The monoisotopic (exact) mass is 358 g/mol. The molecule has 3 aromatic rings. The second kappa shape index (κ2) is 8.32. The Morgan fingerprint density at radius 2 is 1.48 bits per heavy atom. The number of hydrogen-bond donors (Lipinski definition) is 2. The Balaban J connectivity index is 1.62. The summed E-state index contributed by atoms with van der Waals surface area (Å²) >= 11 is 0. The predicted octanol–water partition coefficient (Wildman–Crippen LogP) is 4.74. The van der Waals surface area contributed by atoms with Gasteiger partial charge in [-0.2, -0.15) is 0 Å². The van der Waals surface area contributed by atoms with E-state index in [4.69, 9.17) is 0 Å². The highest BCUT2D eigenvalue weighted by molar-refractivity contribution is 6.05. The molecular formula is C23H22N2O2. The van der Waals surface area contributed by atoms with Gasteiger partial charge in [0.25, 0.3) is 5.91 Å². The molecule has 2 amide bonds. The molecule has 3 rings (SSSR count). The van der Waals surface area contributed by atoms with E-state index in [-0.39, 0.29) is 11.8 Å². The number of amides is 2. The van der Waals surface area contributed by atoms with E-state index in [9.17, 15) is 9.59 Å². The Labute approximate surface area is 159 Å². The highest BCUT2D eigenvalue weighted by Gasteiger charge is 2.09. The van der Waals surface area contributed by atoms with Crippen molar-refractivity contribution in [1.82, 2.24) is 0 Å². The van der Waals surface area contributed by atoms with Gasteiger partial charge in [-0.25, -0.2) is 0 Å². The highest BCUT2D eigenvalue weighted by Crippen LogP contribution is 2.19. The summed E-state index contributed by atoms with van der Waals surface area (Å²) in [5.41, 5.74) is 5.15. The van der Waals surface area contributed by atoms with Crippen LogP contribution in [0.15, 0.2) is 72.8 Å². The lowest BCUT2D eigenvalue weighted by Gasteiger charge is -2.11. The molecule has 0 aliphatic rings. The molecule has 0 spiro atoms. The van der Waals surface area contributed by atoms with Crippen LogP contribution in [0, 0.1) is 13.8 Å². The van der Waals surface area contributed by atoms with E-state index in [0.717, 1.165) is 22.4 Å². The van der Waals surface area contributed by atoms with Crippen LogP contribution in [0.4, 0.5) is 11.4 Å². The molecule has 0 aromatic heterocycles. The lowest BCUT2D eigenvalue weighted by Crippen LogP contribution is -2.15. The summed E-state index contributed by atoms with van der Waals surface area (Å²) in [7, 11) is 0. The Kier molecular flexibility index (Phi) is 5.67. The van der Waals surface area contributed by atoms with Crippen molar-refractivity contribution in [3.05, 3.63) is 95.1 Å². The standard InChI is InChI=1S/C23H22N2O2/c1-16-7-6-10-21(17(16)2)25-23(27)19-11-13-20(14-12-19)24-22(26)15-18-8-4-3-5-9-18/h3-14H,15H2,1-2H3,(H,24,26)(H,25,27). The van der Waals surface area contributed by atoms with Crippen LogP contribution in [0.2, 0.25) is 0 Å². The van der Waals surface area contributed by atoms with Crippen LogP contribution in [-0.2, 0) is 11.2 Å². The number of benzene rings is 3. The van der Waals surface area contributed by atoms with E-state index in [1.807, 2.05) is 62.4 Å². The fourth-order valence-corrected chi connectivity index (χ4v) is 2.77. The summed E-state index contributed by atoms with van der Waals surface area (Å²) in [6, 6.07) is 22.3. The van der Waals surface area contributed by atoms with Gasteiger partial charge in [-0.15, -0.1) is 0 Å². The van der Waals surface area contributed by atoms with E-state index in [1.165, 1.54) is 0 Å². The van der Waals surface area contributed by atoms with Gasteiger partial charge in [-0.3, -0.25) is 9.59 Å². The average molecular weight is 358 g/mol. The maximum atomic E-state index is 12.5. The van der Waals surface area contributed by atoms with Crippen molar-refractivity contribution in [2.24, 2.45) is 0 Å². The molecule has 0 radical (unpaired) electrons. The number of hydrogen-bond acceptors (Lipinski definition) is 2. The van der Waals surface area contributed by atoms with Crippen LogP contribution in [0.5, 0.6) is 0 Å². The third-order valence-electron chi connectivity index (χ3n) is 4.49. The normalized spacial score (nSPS) is 10.3. The van der Waals surface area contributed by atoms with Crippen LogP contribution in [0.25, 0.3) is 0 Å². The molecule has 0 aliphatic heterocycles. The van der Waals surface area contributed by atoms with Crippen molar-refractivity contribution in [3.8, 4) is 0 Å². The molecule has 0 atom stereocenters. The number of carbonyl (C=O) groups excluding carboxylic acids is 2. The van der Waals surface area contributed by atoms with Gasteiger partial charge in [-0.05, 0) is 60.9 Å². The first-order valence-corrected chi connectivity index (χ1v) is 8.84. The number of carbonyl (C=O) groups is 2. The van der Waals surface area contributed by atoms with Gasteiger partial charge in [0.15, 0.2) is 0 Å². The summed E-state index contributed by atoms with van der Waals surface area (Å²) in [6.45, 7) is 3.99. The van der Waals surface area contributed by atoms with E-state index >= 15 is 0 Å².